The first-order valence-corrected chi connectivity index (χ1v) is 7.32. The Morgan fingerprint density at radius 3 is 2.70 bits per heavy atom. The molecule has 2 amide bonds. The van der Waals surface area contributed by atoms with Crippen molar-refractivity contribution in [3.05, 3.63) is 59.6 Å². The van der Waals surface area contributed by atoms with Crippen LogP contribution < -0.4 is 10.6 Å². The Morgan fingerprint density at radius 1 is 1.35 bits per heavy atom. The van der Waals surface area contributed by atoms with Crippen LogP contribution in [0.4, 0.5) is 9.18 Å². The predicted octanol–water partition coefficient (Wildman–Crippen LogP) is 3.44. The molecule has 0 bridgehead atoms. The highest BCUT2D eigenvalue weighted by Gasteiger charge is 2.08. The van der Waals surface area contributed by atoms with E-state index in [2.05, 4.69) is 17.2 Å². The largest absolute Gasteiger partial charge is 0.462 e. The zero-order valence-electron chi connectivity index (χ0n) is 13.3. The van der Waals surface area contributed by atoms with Gasteiger partial charge in [-0.1, -0.05) is 25.6 Å². The van der Waals surface area contributed by atoms with Crippen molar-refractivity contribution in [3.8, 4) is 0 Å². The van der Waals surface area contributed by atoms with Crippen LogP contribution in [0, 0.1) is 0 Å². The zero-order chi connectivity index (χ0) is 17.2. The van der Waals surface area contributed by atoms with Crippen LogP contribution in [0.25, 0.3) is 0 Å². The normalized spacial score (nSPS) is 10.8. The molecule has 0 aliphatic heterocycles. The molecule has 124 valence electrons. The van der Waals surface area contributed by atoms with E-state index in [4.69, 9.17) is 4.74 Å². The molecule has 0 aliphatic rings. The summed E-state index contributed by atoms with van der Waals surface area (Å²) in [5.41, 5.74) is 1.60. The van der Waals surface area contributed by atoms with Crippen LogP contribution in [0.5, 0.6) is 0 Å². The van der Waals surface area contributed by atoms with Crippen molar-refractivity contribution in [1.29, 1.82) is 0 Å². The van der Waals surface area contributed by atoms with Crippen LogP contribution in [0.15, 0.2) is 48.4 Å². The van der Waals surface area contributed by atoms with Crippen molar-refractivity contribution in [1.82, 2.24) is 10.6 Å². The van der Waals surface area contributed by atoms with Gasteiger partial charge >= 0.3 is 12.0 Å². The van der Waals surface area contributed by atoms with Gasteiger partial charge in [0, 0.05) is 12.2 Å². The van der Waals surface area contributed by atoms with Crippen LogP contribution in [0.1, 0.15) is 36.2 Å². The van der Waals surface area contributed by atoms with E-state index in [1.165, 1.54) is 6.08 Å². The van der Waals surface area contributed by atoms with Crippen molar-refractivity contribution in [2.75, 3.05) is 6.61 Å². The predicted molar refractivity (Wildman–Crippen MR) is 86.4 cm³/mol. The molecule has 0 saturated heterocycles. The molecule has 5 nitrogen and oxygen atoms in total. The Kier molecular flexibility index (Phi) is 7.53. The van der Waals surface area contributed by atoms with Gasteiger partial charge in [-0.05, 0) is 37.1 Å². The maximum absolute atomic E-state index is 12.7. The topological polar surface area (TPSA) is 67.4 Å². The number of ether oxygens (including phenoxy) is 1. The van der Waals surface area contributed by atoms with E-state index < -0.39 is 17.8 Å². The van der Waals surface area contributed by atoms with Gasteiger partial charge in [-0.3, -0.25) is 0 Å². The number of allylic oxidation sites excluding steroid dienone is 3. The highest BCUT2D eigenvalue weighted by molar-refractivity contribution is 5.89. The highest BCUT2D eigenvalue weighted by Crippen LogP contribution is 2.07. The molecule has 0 spiro atoms. The molecule has 0 radical (unpaired) electrons. The summed E-state index contributed by atoms with van der Waals surface area (Å²) in [5, 5.41) is 5.18. The Hall–Kier alpha value is -2.63. The first kappa shape index (κ1) is 18.4. The maximum atomic E-state index is 12.7. The monoisotopic (exact) mass is 320 g/mol. The van der Waals surface area contributed by atoms with Gasteiger partial charge in [0.15, 0.2) is 0 Å². The van der Waals surface area contributed by atoms with Gasteiger partial charge in [0.25, 0.3) is 0 Å². The molecule has 23 heavy (non-hydrogen) atoms. The van der Waals surface area contributed by atoms with Crippen LogP contribution in [0.2, 0.25) is 0 Å². The van der Waals surface area contributed by atoms with E-state index in [1.807, 2.05) is 0 Å². The standard InChI is InChI=1S/C17H21FN2O3/c1-4-15(9-12(3)18)20-17(22)19-11-13-7-6-8-14(10-13)16(21)23-5-2/h6-10H,3-5,11H2,1-2H3,(H2,19,20,22)/b15-9+. The van der Waals surface area contributed by atoms with Crippen molar-refractivity contribution >= 4 is 12.0 Å². The number of carbonyl (C=O) groups is 2. The van der Waals surface area contributed by atoms with Crippen molar-refractivity contribution in [2.45, 2.75) is 26.8 Å². The molecule has 1 rings (SSSR count). The Bertz CT molecular complexity index is 612. The Morgan fingerprint density at radius 2 is 2.09 bits per heavy atom. The van der Waals surface area contributed by atoms with Gasteiger partial charge in [0.2, 0.25) is 0 Å². The number of amides is 2. The van der Waals surface area contributed by atoms with Crippen LogP contribution in [0.3, 0.4) is 0 Å². The fourth-order valence-corrected chi connectivity index (χ4v) is 1.81. The summed E-state index contributed by atoms with van der Waals surface area (Å²) in [6.45, 7) is 7.18. The molecule has 6 heteroatoms. The number of esters is 1. The lowest BCUT2D eigenvalue weighted by atomic mass is 10.1. The van der Waals surface area contributed by atoms with Crippen LogP contribution in [-0.2, 0) is 11.3 Å². The highest BCUT2D eigenvalue weighted by atomic mass is 19.1. The van der Waals surface area contributed by atoms with Gasteiger partial charge in [-0.15, -0.1) is 0 Å². The van der Waals surface area contributed by atoms with E-state index >= 15 is 0 Å². The average molecular weight is 320 g/mol. The summed E-state index contributed by atoms with van der Waals surface area (Å²) in [4.78, 5) is 23.4. The number of nitrogens with one attached hydrogen (secondary N) is 2. The molecule has 0 saturated carbocycles. The van der Waals surface area contributed by atoms with E-state index in [1.54, 1.807) is 38.1 Å². The molecule has 0 atom stereocenters. The Balaban J connectivity index is 2.61. The fraction of sp³-hybridized carbons (Fsp3) is 0.294. The second kappa shape index (κ2) is 9.40. The molecule has 0 unspecified atom stereocenters. The van der Waals surface area contributed by atoms with E-state index in [0.717, 1.165) is 5.56 Å². The summed E-state index contributed by atoms with van der Waals surface area (Å²) >= 11 is 0. The van der Waals surface area contributed by atoms with Crippen LogP contribution >= 0.6 is 0 Å². The van der Waals surface area contributed by atoms with E-state index in [0.29, 0.717) is 24.3 Å². The number of halogens is 1. The quantitative estimate of drug-likeness (QED) is 0.597. The van der Waals surface area contributed by atoms with Gasteiger partial charge in [0.1, 0.15) is 5.83 Å². The van der Waals surface area contributed by atoms with Crippen molar-refractivity contribution in [3.63, 3.8) is 0 Å². The third-order valence-electron chi connectivity index (χ3n) is 2.88. The molecule has 0 aliphatic carbocycles. The second-order valence-electron chi connectivity index (χ2n) is 4.70. The van der Waals surface area contributed by atoms with Gasteiger partial charge < -0.3 is 15.4 Å². The van der Waals surface area contributed by atoms with E-state index in [9.17, 15) is 14.0 Å². The molecule has 1 aromatic rings. The number of hydrogen-bond donors (Lipinski definition) is 2. The third-order valence-corrected chi connectivity index (χ3v) is 2.88. The number of benzene rings is 1. The minimum Gasteiger partial charge on any atom is -0.462 e. The first-order valence-electron chi connectivity index (χ1n) is 7.32. The Labute approximate surface area is 135 Å². The lowest BCUT2D eigenvalue weighted by Gasteiger charge is -2.10. The smallest absolute Gasteiger partial charge is 0.338 e. The van der Waals surface area contributed by atoms with Gasteiger partial charge in [-0.2, -0.15) is 0 Å². The lowest BCUT2D eigenvalue weighted by molar-refractivity contribution is 0.0526. The summed E-state index contributed by atoms with van der Waals surface area (Å²) < 4.78 is 17.7. The van der Waals surface area contributed by atoms with Crippen LogP contribution in [-0.4, -0.2) is 18.6 Å². The SMILES string of the molecule is C=C(F)/C=C(\CC)NC(=O)NCc1cccc(C(=O)OCC)c1. The molecule has 1 aromatic carbocycles. The molecule has 0 fully saturated rings. The summed E-state index contributed by atoms with van der Waals surface area (Å²) in [7, 11) is 0. The molecular weight excluding hydrogens is 299 g/mol. The fourth-order valence-electron chi connectivity index (χ4n) is 1.81. The third kappa shape index (κ3) is 6.78. The number of hydrogen-bond acceptors (Lipinski definition) is 3. The second-order valence-corrected chi connectivity index (χ2v) is 4.70. The lowest BCUT2D eigenvalue weighted by Crippen LogP contribution is -2.34. The van der Waals surface area contributed by atoms with Gasteiger partial charge in [0.05, 0.1) is 12.2 Å². The maximum Gasteiger partial charge on any atom is 0.338 e. The summed E-state index contributed by atoms with van der Waals surface area (Å²) in [6.07, 6.45) is 1.63. The average Bonchev–Trinajstić information content (AvgIpc) is 2.52. The van der Waals surface area contributed by atoms with Gasteiger partial charge in [-0.25, -0.2) is 14.0 Å². The zero-order valence-corrected chi connectivity index (χ0v) is 13.3. The molecule has 0 aromatic heterocycles. The number of carbonyl (C=O) groups excluding carboxylic acids is 2. The number of urea groups is 1. The molecule has 2 N–H and O–H groups in total. The first-order chi connectivity index (χ1) is 11.0. The van der Waals surface area contributed by atoms with Crippen molar-refractivity contribution < 1.29 is 18.7 Å². The number of rotatable bonds is 7. The molecule has 0 heterocycles. The minimum atomic E-state index is -0.621. The summed E-state index contributed by atoms with van der Waals surface area (Å²) in [6, 6.07) is 6.33. The van der Waals surface area contributed by atoms with Crippen molar-refractivity contribution in [2.24, 2.45) is 0 Å². The summed E-state index contributed by atoms with van der Waals surface area (Å²) in [5.74, 6) is -1.03. The minimum absolute atomic E-state index is 0.229. The van der Waals surface area contributed by atoms with E-state index in [-0.39, 0.29) is 6.54 Å². The molecular formula is C17H21FN2O3.